The first-order valence-corrected chi connectivity index (χ1v) is 7.28. The van der Waals surface area contributed by atoms with Gasteiger partial charge in [0.1, 0.15) is 5.75 Å². The highest BCUT2D eigenvalue weighted by molar-refractivity contribution is 6.42. The molecule has 0 radical (unpaired) electrons. The average Bonchev–Trinajstić information content (AvgIpc) is 2.41. The van der Waals surface area contributed by atoms with Crippen molar-refractivity contribution in [3.63, 3.8) is 0 Å². The van der Waals surface area contributed by atoms with Gasteiger partial charge in [-0.2, -0.15) is 0 Å². The maximum Gasteiger partial charge on any atom is 0.115 e. The molecule has 0 aromatic heterocycles. The molecule has 4 heteroatoms. The van der Waals surface area contributed by atoms with Crippen LogP contribution in [0.15, 0.2) is 36.4 Å². The first-order valence-electron chi connectivity index (χ1n) is 6.52. The third-order valence-corrected chi connectivity index (χ3v) is 4.03. The summed E-state index contributed by atoms with van der Waals surface area (Å²) in [5.41, 5.74) is 3.10. The molecule has 2 nitrogen and oxygen atoms in total. The van der Waals surface area contributed by atoms with Crippen LogP contribution in [0.25, 0.3) is 0 Å². The molecule has 0 fully saturated rings. The predicted molar refractivity (Wildman–Crippen MR) is 86.0 cm³/mol. The molecule has 0 saturated heterocycles. The largest absolute Gasteiger partial charge is 0.508 e. The molecule has 0 amide bonds. The van der Waals surface area contributed by atoms with Gasteiger partial charge in [0.15, 0.2) is 0 Å². The topological polar surface area (TPSA) is 32.3 Å². The van der Waals surface area contributed by atoms with E-state index in [4.69, 9.17) is 23.2 Å². The fraction of sp³-hybridized carbons (Fsp3) is 0.250. The van der Waals surface area contributed by atoms with Gasteiger partial charge < -0.3 is 10.4 Å². The van der Waals surface area contributed by atoms with Crippen LogP contribution in [-0.2, 0) is 0 Å². The van der Waals surface area contributed by atoms with Crippen LogP contribution in [0.4, 0.5) is 5.69 Å². The Morgan fingerprint density at radius 3 is 2.45 bits per heavy atom. The number of aryl methyl sites for hydroxylation is 1. The molecule has 0 aliphatic rings. The van der Waals surface area contributed by atoms with Crippen molar-refractivity contribution in [2.24, 2.45) is 0 Å². The van der Waals surface area contributed by atoms with E-state index in [0.717, 1.165) is 23.2 Å². The number of hydrogen-bond donors (Lipinski definition) is 2. The van der Waals surface area contributed by atoms with Gasteiger partial charge in [-0.05, 0) is 54.8 Å². The Kier molecular flexibility index (Phi) is 4.79. The van der Waals surface area contributed by atoms with Crippen LogP contribution in [0.3, 0.4) is 0 Å². The Morgan fingerprint density at radius 1 is 1.10 bits per heavy atom. The number of phenolic OH excluding ortho intramolecular Hbond substituents is 1. The third kappa shape index (κ3) is 3.38. The van der Waals surface area contributed by atoms with Crippen LogP contribution in [0.1, 0.15) is 30.5 Å². The zero-order valence-corrected chi connectivity index (χ0v) is 13.0. The van der Waals surface area contributed by atoms with E-state index in [0.29, 0.717) is 10.0 Å². The Morgan fingerprint density at radius 2 is 1.85 bits per heavy atom. The first-order chi connectivity index (χ1) is 9.51. The second kappa shape index (κ2) is 6.38. The molecule has 0 spiro atoms. The predicted octanol–water partition coefficient (Wildman–Crippen LogP) is 5.57. The summed E-state index contributed by atoms with van der Waals surface area (Å²) in [4.78, 5) is 0. The van der Waals surface area contributed by atoms with Crippen LogP contribution in [0, 0.1) is 6.92 Å². The number of benzene rings is 2. The number of nitrogens with one attached hydrogen (secondary N) is 1. The molecule has 0 aliphatic heterocycles. The Hall–Kier alpha value is -1.38. The van der Waals surface area contributed by atoms with Gasteiger partial charge in [0.2, 0.25) is 0 Å². The van der Waals surface area contributed by atoms with Crippen molar-refractivity contribution < 1.29 is 5.11 Å². The van der Waals surface area contributed by atoms with E-state index in [-0.39, 0.29) is 11.8 Å². The average molecular weight is 310 g/mol. The molecule has 1 unspecified atom stereocenters. The minimum absolute atomic E-state index is 0.146. The van der Waals surface area contributed by atoms with Gasteiger partial charge in [-0.25, -0.2) is 0 Å². The number of rotatable bonds is 4. The zero-order valence-electron chi connectivity index (χ0n) is 11.5. The van der Waals surface area contributed by atoms with Crippen LogP contribution in [0.5, 0.6) is 5.75 Å². The van der Waals surface area contributed by atoms with Crippen molar-refractivity contribution in [2.45, 2.75) is 26.3 Å². The Balaban J connectivity index is 2.26. The SMILES string of the molecule is CCC(Nc1ccc(O)cc1C)c1ccc(Cl)c(Cl)c1. The molecular weight excluding hydrogens is 293 g/mol. The number of halogens is 2. The van der Waals surface area contributed by atoms with Crippen molar-refractivity contribution in [3.8, 4) is 5.75 Å². The lowest BCUT2D eigenvalue weighted by atomic mass is 10.0. The number of phenols is 1. The van der Waals surface area contributed by atoms with E-state index in [2.05, 4.69) is 12.2 Å². The van der Waals surface area contributed by atoms with Crippen molar-refractivity contribution in [1.29, 1.82) is 0 Å². The number of aromatic hydroxyl groups is 1. The normalized spacial score (nSPS) is 12.2. The van der Waals surface area contributed by atoms with E-state index >= 15 is 0 Å². The minimum Gasteiger partial charge on any atom is -0.508 e. The van der Waals surface area contributed by atoms with Crippen LogP contribution >= 0.6 is 23.2 Å². The van der Waals surface area contributed by atoms with Crippen LogP contribution < -0.4 is 5.32 Å². The molecule has 0 aliphatic carbocycles. The molecule has 106 valence electrons. The Bertz CT molecular complexity index is 613. The molecule has 0 heterocycles. The molecule has 20 heavy (non-hydrogen) atoms. The van der Waals surface area contributed by atoms with Crippen molar-refractivity contribution in [1.82, 2.24) is 0 Å². The lowest BCUT2D eigenvalue weighted by Crippen LogP contribution is -2.10. The highest BCUT2D eigenvalue weighted by Crippen LogP contribution is 2.30. The van der Waals surface area contributed by atoms with E-state index < -0.39 is 0 Å². The minimum atomic E-state index is 0.146. The second-order valence-electron chi connectivity index (χ2n) is 4.78. The van der Waals surface area contributed by atoms with E-state index in [1.54, 1.807) is 12.1 Å². The second-order valence-corrected chi connectivity index (χ2v) is 5.59. The fourth-order valence-corrected chi connectivity index (χ4v) is 2.45. The maximum atomic E-state index is 9.45. The molecule has 2 aromatic carbocycles. The summed E-state index contributed by atoms with van der Waals surface area (Å²) in [7, 11) is 0. The summed E-state index contributed by atoms with van der Waals surface area (Å²) in [6, 6.07) is 11.1. The quantitative estimate of drug-likeness (QED) is 0.723. The number of anilines is 1. The van der Waals surface area contributed by atoms with E-state index in [9.17, 15) is 5.11 Å². The zero-order chi connectivity index (χ0) is 14.7. The molecular formula is C16H17Cl2NO. The number of hydrogen-bond acceptors (Lipinski definition) is 2. The van der Waals surface area contributed by atoms with Crippen LogP contribution in [0.2, 0.25) is 10.0 Å². The molecule has 2 aromatic rings. The summed E-state index contributed by atoms with van der Waals surface area (Å²) < 4.78 is 0. The van der Waals surface area contributed by atoms with Gasteiger partial charge in [0.05, 0.1) is 16.1 Å². The summed E-state index contributed by atoms with van der Waals surface area (Å²) in [5, 5.41) is 14.1. The highest BCUT2D eigenvalue weighted by atomic mass is 35.5. The molecule has 2 N–H and O–H groups in total. The molecule has 0 bridgehead atoms. The summed E-state index contributed by atoms with van der Waals surface area (Å²) in [6.07, 6.45) is 0.915. The van der Waals surface area contributed by atoms with Crippen LogP contribution in [-0.4, -0.2) is 5.11 Å². The molecule has 1 atom stereocenters. The lowest BCUT2D eigenvalue weighted by molar-refractivity contribution is 0.475. The highest BCUT2D eigenvalue weighted by Gasteiger charge is 2.12. The smallest absolute Gasteiger partial charge is 0.115 e. The Labute approximate surface area is 129 Å². The van der Waals surface area contributed by atoms with Gasteiger partial charge in [0.25, 0.3) is 0 Å². The van der Waals surface area contributed by atoms with Gasteiger partial charge >= 0.3 is 0 Å². The summed E-state index contributed by atoms with van der Waals surface area (Å²) in [6.45, 7) is 4.07. The lowest BCUT2D eigenvalue weighted by Gasteiger charge is -2.20. The van der Waals surface area contributed by atoms with Gasteiger partial charge in [-0.3, -0.25) is 0 Å². The van der Waals surface area contributed by atoms with E-state index in [1.807, 2.05) is 31.2 Å². The summed E-state index contributed by atoms with van der Waals surface area (Å²) in [5.74, 6) is 0.274. The first kappa shape index (κ1) is 15.0. The van der Waals surface area contributed by atoms with Gasteiger partial charge in [-0.15, -0.1) is 0 Å². The standard InChI is InChI=1S/C16H17Cl2NO/c1-3-15(11-4-6-13(17)14(18)9-11)19-16-7-5-12(20)8-10(16)2/h4-9,15,19-20H,3H2,1-2H3. The molecule has 2 rings (SSSR count). The van der Waals surface area contributed by atoms with Crippen molar-refractivity contribution >= 4 is 28.9 Å². The maximum absolute atomic E-state index is 9.45. The summed E-state index contributed by atoms with van der Waals surface area (Å²) >= 11 is 12.0. The monoisotopic (exact) mass is 309 g/mol. The third-order valence-electron chi connectivity index (χ3n) is 3.29. The molecule has 0 saturated carbocycles. The van der Waals surface area contributed by atoms with Crippen molar-refractivity contribution in [3.05, 3.63) is 57.6 Å². The van der Waals surface area contributed by atoms with Gasteiger partial charge in [0, 0.05) is 5.69 Å². The fourth-order valence-electron chi connectivity index (χ4n) is 2.15. The van der Waals surface area contributed by atoms with Crippen molar-refractivity contribution in [2.75, 3.05) is 5.32 Å². The van der Waals surface area contributed by atoms with Gasteiger partial charge in [-0.1, -0.05) is 36.2 Å². The van der Waals surface area contributed by atoms with E-state index in [1.165, 1.54) is 0 Å².